The van der Waals surface area contributed by atoms with E-state index in [9.17, 15) is 19.2 Å². The summed E-state index contributed by atoms with van der Waals surface area (Å²) in [6.45, 7) is 0. The van der Waals surface area contributed by atoms with Crippen molar-refractivity contribution in [2.45, 2.75) is 0 Å². The molecule has 0 atom stereocenters. The third kappa shape index (κ3) is 4.78. The molecule has 0 spiro atoms. The van der Waals surface area contributed by atoms with E-state index in [-0.39, 0.29) is 0 Å². The lowest BCUT2D eigenvalue weighted by Gasteiger charge is -1.99. The van der Waals surface area contributed by atoms with Gasteiger partial charge >= 0.3 is 23.9 Å². The molecule has 0 aliphatic carbocycles. The molecule has 0 heterocycles. The molecular weight excluding hydrogens is 239 g/mol. The zero-order valence-corrected chi connectivity index (χ0v) is 8.13. The minimum absolute atomic E-state index is 0.595. The Balaban J connectivity index is 4.07. The number of esters is 4. The maximum absolute atomic E-state index is 10.6. The first-order valence-electron chi connectivity index (χ1n) is 3.12. The molecule has 14 heavy (non-hydrogen) atoms. The second-order valence-electron chi connectivity index (χ2n) is 1.79. The van der Waals surface area contributed by atoms with E-state index in [0.29, 0.717) is 0 Å². The van der Waals surface area contributed by atoms with Gasteiger partial charge in [-0.2, -0.15) is 0 Å². The number of hydrogen-bond donors (Lipinski definition) is 0. The quantitative estimate of drug-likeness (QED) is 0.284. The number of halogens is 2. The Kier molecular flexibility index (Phi) is 5.82. The number of ether oxygens (including phenoxy) is 2. The molecule has 0 bridgehead atoms. The maximum atomic E-state index is 10.6. The van der Waals surface area contributed by atoms with E-state index in [0.717, 1.165) is 0 Å². The lowest BCUT2D eigenvalue weighted by Crippen LogP contribution is -2.26. The van der Waals surface area contributed by atoms with Crippen molar-refractivity contribution >= 4 is 47.1 Å². The number of hydrogen-bond acceptors (Lipinski definition) is 6. The summed E-state index contributed by atoms with van der Waals surface area (Å²) in [6, 6.07) is 0. The minimum atomic E-state index is -1.62. The smallest absolute Gasteiger partial charge is 0.384 e. The molecule has 0 aromatic rings. The van der Waals surface area contributed by atoms with Gasteiger partial charge in [0, 0.05) is 0 Å². The van der Waals surface area contributed by atoms with E-state index in [2.05, 4.69) is 9.47 Å². The first-order chi connectivity index (χ1) is 6.51. The third-order valence-corrected chi connectivity index (χ3v) is 1.23. The molecule has 78 valence electrons. The Hall–Kier alpha value is -1.14. The van der Waals surface area contributed by atoms with Crippen LogP contribution in [-0.2, 0) is 28.7 Å². The summed E-state index contributed by atoms with van der Waals surface area (Å²) in [5.41, 5.74) is 0. The van der Waals surface area contributed by atoms with Gasteiger partial charge < -0.3 is 9.47 Å². The summed E-state index contributed by atoms with van der Waals surface area (Å²) >= 11 is 9.93. The lowest BCUT2D eigenvalue weighted by molar-refractivity contribution is -0.176. The highest BCUT2D eigenvalue weighted by Crippen LogP contribution is 1.90. The molecule has 8 heteroatoms. The molecule has 0 saturated heterocycles. The van der Waals surface area contributed by atoms with E-state index >= 15 is 0 Å². The van der Waals surface area contributed by atoms with Crippen molar-refractivity contribution < 1.29 is 28.7 Å². The van der Waals surface area contributed by atoms with Crippen LogP contribution in [0.1, 0.15) is 0 Å². The Labute approximate surface area is 88.0 Å². The Morgan fingerprint density at radius 2 is 1.07 bits per heavy atom. The van der Waals surface area contributed by atoms with Gasteiger partial charge in [0.05, 0.1) is 0 Å². The highest BCUT2D eigenvalue weighted by Gasteiger charge is 2.23. The van der Waals surface area contributed by atoms with Crippen molar-refractivity contribution in [1.82, 2.24) is 0 Å². The second-order valence-corrected chi connectivity index (χ2v) is 2.32. The molecule has 0 aliphatic heterocycles. The van der Waals surface area contributed by atoms with Gasteiger partial charge in [0.25, 0.3) is 0 Å². The molecule has 0 aromatic carbocycles. The summed E-state index contributed by atoms with van der Waals surface area (Å²) in [6.07, 6.45) is 0. The van der Waals surface area contributed by atoms with Crippen molar-refractivity contribution in [2.75, 3.05) is 11.8 Å². The molecule has 6 nitrogen and oxygen atoms in total. The normalized spacial score (nSPS) is 9.00. The van der Waals surface area contributed by atoms with E-state index in [4.69, 9.17) is 23.2 Å². The fourth-order valence-electron chi connectivity index (χ4n) is 0.345. The molecule has 0 saturated carbocycles. The van der Waals surface area contributed by atoms with Gasteiger partial charge in [-0.3, -0.25) is 9.59 Å². The summed E-state index contributed by atoms with van der Waals surface area (Å²) in [5, 5.41) is 0. The van der Waals surface area contributed by atoms with Gasteiger partial charge in [0.1, 0.15) is 11.8 Å². The number of alkyl halides is 2. The van der Waals surface area contributed by atoms with Gasteiger partial charge in [-0.1, -0.05) is 0 Å². The van der Waals surface area contributed by atoms with Crippen LogP contribution in [0.4, 0.5) is 0 Å². The number of carbonyl (C=O) groups is 4. The maximum Gasteiger partial charge on any atom is 0.425 e. The van der Waals surface area contributed by atoms with Crippen molar-refractivity contribution in [3.63, 3.8) is 0 Å². The van der Waals surface area contributed by atoms with Crippen molar-refractivity contribution in [2.24, 2.45) is 0 Å². The van der Waals surface area contributed by atoms with E-state index in [1.807, 2.05) is 0 Å². The molecule has 0 N–H and O–H groups in total. The summed E-state index contributed by atoms with van der Waals surface area (Å²) in [4.78, 5) is 42.0. The van der Waals surface area contributed by atoms with Crippen molar-refractivity contribution in [3.05, 3.63) is 0 Å². The fourth-order valence-corrected chi connectivity index (χ4v) is 0.454. The van der Waals surface area contributed by atoms with Gasteiger partial charge in [-0.25, -0.2) is 9.59 Å². The van der Waals surface area contributed by atoms with Crippen LogP contribution in [0.5, 0.6) is 0 Å². The van der Waals surface area contributed by atoms with Gasteiger partial charge in [-0.05, 0) is 0 Å². The molecule has 0 unspecified atom stereocenters. The Morgan fingerprint density at radius 3 is 1.29 bits per heavy atom. The second kappa shape index (κ2) is 6.33. The molecule has 0 aromatic heterocycles. The topological polar surface area (TPSA) is 86.7 Å². The first-order valence-corrected chi connectivity index (χ1v) is 4.19. The van der Waals surface area contributed by atoms with E-state index in [1.54, 1.807) is 0 Å². The van der Waals surface area contributed by atoms with Crippen LogP contribution in [0.3, 0.4) is 0 Å². The summed E-state index contributed by atoms with van der Waals surface area (Å²) in [5.74, 6) is -6.66. The molecule has 0 rings (SSSR count). The molecule has 0 aliphatic rings. The molecule has 0 radical (unpaired) electrons. The SMILES string of the molecule is O=C(CCl)OC(=O)C(=O)OC(=O)CCl. The summed E-state index contributed by atoms with van der Waals surface area (Å²) in [7, 11) is 0. The van der Waals surface area contributed by atoms with Gasteiger partial charge in [-0.15, -0.1) is 23.2 Å². The highest BCUT2D eigenvalue weighted by atomic mass is 35.5. The average molecular weight is 243 g/mol. The van der Waals surface area contributed by atoms with Gasteiger partial charge in [0.2, 0.25) is 0 Å². The van der Waals surface area contributed by atoms with Crippen LogP contribution in [0.15, 0.2) is 0 Å². The van der Waals surface area contributed by atoms with Crippen LogP contribution < -0.4 is 0 Å². The predicted octanol–water partition coefficient (Wildman–Crippen LogP) is -0.396. The fraction of sp³-hybridized carbons (Fsp3) is 0.333. The first kappa shape index (κ1) is 12.9. The Bertz CT molecular complexity index is 245. The van der Waals surface area contributed by atoms with Crippen molar-refractivity contribution in [1.29, 1.82) is 0 Å². The summed E-state index contributed by atoms with van der Waals surface area (Å²) < 4.78 is 7.65. The highest BCUT2D eigenvalue weighted by molar-refractivity contribution is 6.36. The zero-order chi connectivity index (χ0) is 11.1. The predicted molar refractivity (Wildman–Crippen MR) is 43.6 cm³/mol. The largest absolute Gasteiger partial charge is 0.425 e. The molecular formula is C6H4Cl2O6. The minimum Gasteiger partial charge on any atom is -0.384 e. The monoisotopic (exact) mass is 242 g/mol. The van der Waals surface area contributed by atoms with E-state index in [1.165, 1.54) is 0 Å². The van der Waals surface area contributed by atoms with Crippen LogP contribution in [0, 0.1) is 0 Å². The number of rotatable bonds is 2. The average Bonchev–Trinajstić information content (AvgIpc) is 2.17. The van der Waals surface area contributed by atoms with E-state index < -0.39 is 35.6 Å². The third-order valence-electron chi connectivity index (χ3n) is 0.798. The standard InChI is InChI=1S/C6H4Cl2O6/c7-1-3(9)13-5(11)6(12)14-4(10)2-8/h1-2H2. The van der Waals surface area contributed by atoms with Crippen LogP contribution in [0.25, 0.3) is 0 Å². The van der Waals surface area contributed by atoms with Crippen LogP contribution in [-0.4, -0.2) is 35.6 Å². The molecule has 0 fully saturated rings. The molecule has 0 amide bonds. The Morgan fingerprint density at radius 1 is 0.786 bits per heavy atom. The van der Waals surface area contributed by atoms with Crippen LogP contribution >= 0.6 is 23.2 Å². The lowest BCUT2D eigenvalue weighted by atomic mass is 10.6. The van der Waals surface area contributed by atoms with Crippen LogP contribution in [0.2, 0.25) is 0 Å². The van der Waals surface area contributed by atoms with Crippen molar-refractivity contribution in [3.8, 4) is 0 Å². The zero-order valence-electron chi connectivity index (χ0n) is 6.62. The van der Waals surface area contributed by atoms with Gasteiger partial charge in [0.15, 0.2) is 0 Å². The number of carbonyl (C=O) groups excluding carboxylic acids is 4.